The highest BCUT2D eigenvalue weighted by Gasteiger charge is 2.31. The average molecular weight is 352 g/mol. The van der Waals surface area contributed by atoms with E-state index in [1.165, 1.54) is 45.4 Å². The monoisotopic (exact) mass is 351 g/mol. The molecular formula is C15H16ClN4S2+. The second-order valence-corrected chi connectivity index (χ2v) is 8.06. The van der Waals surface area contributed by atoms with Crippen LogP contribution in [0.4, 0.5) is 0 Å². The second kappa shape index (κ2) is 6.20. The van der Waals surface area contributed by atoms with Crippen LogP contribution in [0.3, 0.4) is 0 Å². The van der Waals surface area contributed by atoms with E-state index in [9.17, 15) is 0 Å². The predicted molar refractivity (Wildman–Crippen MR) is 90.7 cm³/mol. The highest BCUT2D eigenvalue weighted by molar-refractivity contribution is 7.18. The minimum atomic E-state index is 0.448. The fourth-order valence-corrected chi connectivity index (χ4v) is 4.93. The Hall–Kier alpha value is -1.08. The van der Waals surface area contributed by atoms with Crippen molar-refractivity contribution >= 4 is 44.7 Å². The van der Waals surface area contributed by atoms with E-state index in [1.54, 1.807) is 0 Å². The Morgan fingerprint density at radius 2 is 2.18 bits per heavy atom. The Balaban J connectivity index is 1.63. The first-order valence-electron chi connectivity index (χ1n) is 7.48. The fourth-order valence-electron chi connectivity index (χ4n) is 3.15. The first-order chi connectivity index (χ1) is 10.8. The second-order valence-electron chi connectivity index (χ2n) is 5.65. The van der Waals surface area contributed by atoms with Crippen molar-refractivity contribution in [3.8, 4) is 0 Å². The molecule has 7 heteroatoms. The van der Waals surface area contributed by atoms with E-state index >= 15 is 0 Å². The summed E-state index contributed by atoms with van der Waals surface area (Å²) in [7, 11) is 0. The molecule has 4 nitrogen and oxygen atoms in total. The minimum absolute atomic E-state index is 0.448. The molecule has 1 aliphatic rings. The van der Waals surface area contributed by atoms with Gasteiger partial charge in [0.05, 0.1) is 16.8 Å². The molecule has 3 heterocycles. The number of likely N-dealkylation sites (tertiary alicyclic amines) is 1. The van der Waals surface area contributed by atoms with E-state index < -0.39 is 0 Å². The third-order valence-electron chi connectivity index (χ3n) is 4.25. The van der Waals surface area contributed by atoms with Crippen molar-refractivity contribution in [3.05, 3.63) is 39.3 Å². The molecule has 0 amide bonds. The molecular weight excluding hydrogens is 336 g/mol. The molecule has 1 unspecified atom stereocenters. The molecule has 22 heavy (non-hydrogen) atoms. The third kappa shape index (κ3) is 2.76. The molecule has 0 bridgehead atoms. The molecule has 114 valence electrons. The number of piperidine rings is 1. The van der Waals surface area contributed by atoms with E-state index in [0.29, 0.717) is 6.04 Å². The summed E-state index contributed by atoms with van der Waals surface area (Å²) < 4.78 is 5.95. The molecule has 1 fully saturated rings. The largest absolute Gasteiger partial charge is 0.322 e. The quantitative estimate of drug-likeness (QED) is 0.788. The van der Waals surface area contributed by atoms with Crippen LogP contribution in [0.25, 0.3) is 10.2 Å². The number of para-hydroxylation sites is 1. The highest BCUT2D eigenvalue weighted by Crippen LogP contribution is 2.29. The summed E-state index contributed by atoms with van der Waals surface area (Å²) in [6.45, 7) is 1.99. The minimum Gasteiger partial charge on any atom is -0.322 e. The van der Waals surface area contributed by atoms with Crippen molar-refractivity contribution in [2.24, 2.45) is 0 Å². The van der Waals surface area contributed by atoms with Gasteiger partial charge in [-0.15, -0.1) is 16.4 Å². The maximum Gasteiger partial charge on any atom is 0.151 e. The summed E-state index contributed by atoms with van der Waals surface area (Å²) >= 11 is 9.28. The van der Waals surface area contributed by atoms with Crippen molar-refractivity contribution in [1.29, 1.82) is 0 Å². The number of quaternary nitrogens is 1. The maximum absolute atomic E-state index is 6.18. The summed E-state index contributed by atoms with van der Waals surface area (Å²) in [6, 6.07) is 8.83. The maximum atomic E-state index is 6.18. The average Bonchev–Trinajstić information content (AvgIpc) is 3.14. The molecule has 0 saturated carbocycles. The normalized spacial score (nSPS) is 22.2. The van der Waals surface area contributed by atoms with Gasteiger partial charge >= 0.3 is 0 Å². The number of nitrogens with one attached hydrogen (secondary N) is 1. The molecule has 0 aliphatic carbocycles. The van der Waals surface area contributed by atoms with Gasteiger partial charge in [0.25, 0.3) is 0 Å². The molecule has 2 atom stereocenters. The van der Waals surface area contributed by atoms with Crippen LogP contribution in [0.5, 0.6) is 0 Å². The number of fused-ring (bicyclic) bond motifs is 1. The van der Waals surface area contributed by atoms with Crippen molar-refractivity contribution in [2.75, 3.05) is 6.54 Å². The Morgan fingerprint density at radius 3 is 3.00 bits per heavy atom. The summed E-state index contributed by atoms with van der Waals surface area (Å²) in [5.74, 6) is 0. The van der Waals surface area contributed by atoms with Gasteiger partial charge in [-0.1, -0.05) is 28.2 Å². The van der Waals surface area contributed by atoms with Crippen LogP contribution >= 0.6 is 34.5 Å². The molecule has 1 saturated heterocycles. The standard InChI is InChI=1S/C15H15ClN4S2/c16-14-11(18-19-22-14)9-20-8-4-3-6-12(20)15-17-10-5-1-2-7-13(10)21-15/h1-2,5,7,12H,3-4,6,8-9H2/p+1/t12-/m0/s1. The van der Waals surface area contributed by atoms with Gasteiger partial charge in [-0.05, 0) is 25.0 Å². The molecule has 1 aliphatic heterocycles. The van der Waals surface area contributed by atoms with E-state index in [1.807, 2.05) is 11.3 Å². The smallest absolute Gasteiger partial charge is 0.151 e. The van der Waals surface area contributed by atoms with Crippen molar-refractivity contribution in [2.45, 2.75) is 31.8 Å². The van der Waals surface area contributed by atoms with Gasteiger partial charge in [0.15, 0.2) is 5.01 Å². The zero-order valence-electron chi connectivity index (χ0n) is 12.0. The van der Waals surface area contributed by atoms with Crippen LogP contribution < -0.4 is 4.90 Å². The van der Waals surface area contributed by atoms with Crippen LogP contribution in [-0.2, 0) is 6.54 Å². The zero-order chi connectivity index (χ0) is 14.9. The molecule has 2 aromatic heterocycles. The molecule has 0 radical (unpaired) electrons. The zero-order valence-corrected chi connectivity index (χ0v) is 14.3. The number of aromatic nitrogens is 3. The molecule has 1 N–H and O–H groups in total. The lowest BCUT2D eigenvalue weighted by molar-refractivity contribution is -0.950. The van der Waals surface area contributed by atoms with Gasteiger partial charge in [0.2, 0.25) is 0 Å². The van der Waals surface area contributed by atoms with Gasteiger partial charge in [0.1, 0.15) is 22.6 Å². The number of nitrogens with zero attached hydrogens (tertiary/aromatic N) is 3. The van der Waals surface area contributed by atoms with E-state index in [0.717, 1.165) is 28.6 Å². The Labute approximate surface area is 141 Å². The van der Waals surface area contributed by atoms with Crippen LogP contribution in [0.2, 0.25) is 4.34 Å². The number of hydrogen-bond acceptors (Lipinski definition) is 5. The number of hydrogen-bond donors (Lipinski definition) is 1. The lowest BCUT2D eigenvalue weighted by Gasteiger charge is -2.30. The van der Waals surface area contributed by atoms with Crippen molar-refractivity contribution in [3.63, 3.8) is 0 Å². The molecule has 3 aromatic rings. The van der Waals surface area contributed by atoms with E-state index in [2.05, 4.69) is 33.9 Å². The Bertz CT molecular complexity index is 752. The third-order valence-corrected chi connectivity index (χ3v) is 6.38. The van der Waals surface area contributed by atoms with Gasteiger partial charge in [-0.2, -0.15) is 0 Å². The van der Waals surface area contributed by atoms with Crippen LogP contribution in [0.15, 0.2) is 24.3 Å². The Kier molecular flexibility index (Phi) is 4.09. The fraction of sp³-hybridized carbons (Fsp3) is 0.400. The highest BCUT2D eigenvalue weighted by atomic mass is 35.5. The predicted octanol–water partition coefficient (Wildman–Crippen LogP) is 3.11. The van der Waals surface area contributed by atoms with Crippen molar-refractivity contribution in [1.82, 2.24) is 14.6 Å². The number of benzene rings is 1. The topological polar surface area (TPSA) is 43.1 Å². The van der Waals surface area contributed by atoms with Gasteiger partial charge in [-0.3, -0.25) is 0 Å². The van der Waals surface area contributed by atoms with E-state index in [4.69, 9.17) is 16.6 Å². The lowest BCUT2D eigenvalue weighted by atomic mass is 10.0. The summed E-state index contributed by atoms with van der Waals surface area (Å²) in [5.41, 5.74) is 2.04. The van der Waals surface area contributed by atoms with Gasteiger partial charge in [0, 0.05) is 18.0 Å². The summed E-state index contributed by atoms with van der Waals surface area (Å²) in [4.78, 5) is 6.38. The van der Waals surface area contributed by atoms with Gasteiger partial charge < -0.3 is 4.90 Å². The van der Waals surface area contributed by atoms with Crippen LogP contribution in [0.1, 0.15) is 36.0 Å². The number of rotatable bonds is 3. The summed E-state index contributed by atoms with van der Waals surface area (Å²) in [6.07, 6.45) is 3.71. The number of thiazole rings is 1. The Morgan fingerprint density at radius 1 is 1.27 bits per heavy atom. The van der Waals surface area contributed by atoms with Crippen molar-refractivity contribution < 1.29 is 4.90 Å². The first-order valence-corrected chi connectivity index (χ1v) is 9.45. The molecule has 0 spiro atoms. The lowest BCUT2D eigenvalue weighted by Crippen LogP contribution is -3.11. The van der Waals surface area contributed by atoms with Crippen LogP contribution in [0, 0.1) is 0 Å². The van der Waals surface area contributed by atoms with E-state index in [-0.39, 0.29) is 0 Å². The molecule has 1 aromatic carbocycles. The SMILES string of the molecule is Clc1snnc1C[NH+]1CCCC[C@H]1c1nc2ccccc2s1. The number of halogens is 1. The van der Waals surface area contributed by atoms with Gasteiger partial charge in [-0.25, -0.2) is 4.98 Å². The summed E-state index contributed by atoms with van der Waals surface area (Å²) in [5, 5.41) is 5.43. The molecule has 4 rings (SSSR count). The first kappa shape index (κ1) is 14.5. The van der Waals surface area contributed by atoms with Crippen LogP contribution in [-0.4, -0.2) is 21.1 Å².